The lowest BCUT2D eigenvalue weighted by Crippen LogP contribution is -2.49. The maximum Gasteiger partial charge on any atom is 0.224 e. The van der Waals surface area contributed by atoms with Crippen molar-refractivity contribution in [3.63, 3.8) is 0 Å². The number of aliphatic hydroxyl groups is 1. The summed E-state index contributed by atoms with van der Waals surface area (Å²) in [6.07, 6.45) is 9.95. The van der Waals surface area contributed by atoms with Gasteiger partial charge < -0.3 is 15.3 Å². The first-order valence-corrected chi connectivity index (χ1v) is 14.3. The third kappa shape index (κ3) is 4.87. The number of likely N-dealkylation sites (N-methyl/N-ethyl adjacent to an activating group) is 1. The van der Waals surface area contributed by atoms with Gasteiger partial charge in [0, 0.05) is 50.0 Å². The van der Waals surface area contributed by atoms with E-state index in [2.05, 4.69) is 63.0 Å². The highest BCUT2D eigenvalue weighted by Gasteiger charge is 2.49. The van der Waals surface area contributed by atoms with Gasteiger partial charge in [-0.3, -0.25) is 4.90 Å². The van der Waals surface area contributed by atoms with Crippen molar-refractivity contribution in [1.82, 2.24) is 29.5 Å². The van der Waals surface area contributed by atoms with Crippen molar-refractivity contribution in [2.24, 2.45) is 0 Å². The summed E-state index contributed by atoms with van der Waals surface area (Å²) in [4.78, 5) is 14.7. The molecular weight excluding hydrogens is 462 g/mol. The fourth-order valence-corrected chi connectivity index (χ4v) is 6.23. The van der Waals surface area contributed by atoms with Crippen LogP contribution in [0.15, 0.2) is 30.5 Å². The van der Waals surface area contributed by atoms with E-state index in [9.17, 15) is 5.11 Å². The molecule has 1 aromatic carbocycles. The molecule has 6 rings (SSSR count). The number of fused-ring (bicyclic) bond motifs is 1. The Kier molecular flexibility index (Phi) is 6.90. The molecule has 8 nitrogen and oxygen atoms in total. The van der Waals surface area contributed by atoms with Gasteiger partial charge in [-0.2, -0.15) is 10.1 Å². The van der Waals surface area contributed by atoms with Gasteiger partial charge in [-0.25, -0.2) is 9.67 Å². The van der Waals surface area contributed by atoms with Crippen molar-refractivity contribution in [2.45, 2.75) is 76.0 Å². The monoisotopic (exact) mass is 503 g/mol. The second-order valence-corrected chi connectivity index (χ2v) is 11.4. The molecule has 198 valence electrons. The second kappa shape index (κ2) is 10.3. The number of benzene rings is 1. The minimum Gasteiger partial charge on any atom is -0.393 e. The fourth-order valence-electron chi connectivity index (χ4n) is 6.23. The van der Waals surface area contributed by atoms with Crippen LogP contribution in [0.4, 0.5) is 5.95 Å². The molecule has 2 N–H and O–H groups in total. The van der Waals surface area contributed by atoms with Gasteiger partial charge in [-0.05, 0) is 57.6 Å². The lowest BCUT2D eigenvalue weighted by molar-refractivity contribution is 0.0976. The first kappa shape index (κ1) is 24.8. The number of aliphatic hydroxyl groups excluding tert-OH is 1. The van der Waals surface area contributed by atoms with Crippen LogP contribution in [0.3, 0.4) is 0 Å². The zero-order valence-electron chi connectivity index (χ0n) is 22.4. The molecule has 0 spiro atoms. The minimum absolute atomic E-state index is 0.193. The van der Waals surface area contributed by atoms with Gasteiger partial charge in [-0.15, -0.1) is 0 Å². The number of nitrogens with one attached hydrogen (secondary N) is 1. The average molecular weight is 504 g/mol. The Hall–Kier alpha value is -2.55. The SMILES string of the molecule is CCCCNc1ncc2c(-c3ccc(C4(N5CCN(C)CC5)CC4)cc3)nn([C@H]3CC[C@H](O)CC3)c2n1. The van der Waals surface area contributed by atoms with Gasteiger partial charge in [0.05, 0.1) is 17.5 Å². The lowest BCUT2D eigenvalue weighted by atomic mass is 9.93. The van der Waals surface area contributed by atoms with Crippen LogP contribution in [0.2, 0.25) is 0 Å². The predicted octanol–water partition coefficient (Wildman–Crippen LogP) is 4.42. The number of piperazine rings is 1. The Morgan fingerprint density at radius 2 is 1.76 bits per heavy atom. The highest BCUT2D eigenvalue weighted by Crippen LogP contribution is 2.51. The highest BCUT2D eigenvalue weighted by atomic mass is 16.3. The molecule has 3 heterocycles. The van der Waals surface area contributed by atoms with Gasteiger partial charge in [-0.1, -0.05) is 37.6 Å². The van der Waals surface area contributed by atoms with E-state index in [1.54, 1.807) is 0 Å². The largest absolute Gasteiger partial charge is 0.393 e. The van der Waals surface area contributed by atoms with E-state index in [-0.39, 0.29) is 17.7 Å². The van der Waals surface area contributed by atoms with Crippen LogP contribution >= 0.6 is 0 Å². The molecular formula is C29H41N7O. The quantitative estimate of drug-likeness (QED) is 0.441. The summed E-state index contributed by atoms with van der Waals surface area (Å²) in [6, 6.07) is 9.39. The van der Waals surface area contributed by atoms with Crippen LogP contribution in [-0.4, -0.2) is 80.5 Å². The van der Waals surface area contributed by atoms with Gasteiger partial charge in [0.15, 0.2) is 5.65 Å². The molecule has 0 amide bonds. The summed E-state index contributed by atoms with van der Waals surface area (Å²) in [6.45, 7) is 7.65. The van der Waals surface area contributed by atoms with Crippen LogP contribution < -0.4 is 5.32 Å². The minimum atomic E-state index is -0.193. The molecule has 0 radical (unpaired) electrons. The number of hydrogen-bond acceptors (Lipinski definition) is 7. The van der Waals surface area contributed by atoms with E-state index < -0.39 is 0 Å². The zero-order valence-corrected chi connectivity index (χ0v) is 22.4. The number of nitrogens with zero attached hydrogens (tertiary/aromatic N) is 6. The van der Waals surface area contributed by atoms with Crippen molar-refractivity contribution in [3.8, 4) is 11.3 Å². The first-order valence-electron chi connectivity index (χ1n) is 14.3. The van der Waals surface area contributed by atoms with Crippen LogP contribution in [0.25, 0.3) is 22.3 Å². The number of hydrogen-bond donors (Lipinski definition) is 2. The molecule has 1 aliphatic heterocycles. The van der Waals surface area contributed by atoms with E-state index in [0.29, 0.717) is 5.95 Å². The topological polar surface area (TPSA) is 82.3 Å². The third-order valence-electron chi connectivity index (χ3n) is 8.80. The summed E-state index contributed by atoms with van der Waals surface area (Å²) in [7, 11) is 2.22. The molecule has 2 saturated carbocycles. The van der Waals surface area contributed by atoms with Crippen molar-refractivity contribution < 1.29 is 5.11 Å². The summed E-state index contributed by atoms with van der Waals surface area (Å²) < 4.78 is 2.11. The number of anilines is 1. The van der Waals surface area contributed by atoms with Gasteiger partial charge >= 0.3 is 0 Å². The van der Waals surface area contributed by atoms with Crippen molar-refractivity contribution in [1.29, 1.82) is 0 Å². The maximum atomic E-state index is 10.1. The Morgan fingerprint density at radius 3 is 2.43 bits per heavy atom. The molecule has 0 atom stereocenters. The molecule has 8 heteroatoms. The van der Waals surface area contributed by atoms with Gasteiger partial charge in [0.25, 0.3) is 0 Å². The summed E-state index contributed by atoms with van der Waals surface area (Å²) in [5, 5.41) is 19.6. The molecule has 37 heavy (non-hydrogen) atoms. The molecule has 0 unspecified atom stereocenters. The Balaban J connectivity index is 1.31. The number of rotatable bonds is 8. The van der Waals surface area contributed by atoms with Crippen molar-refractivity contribution >= 4 is 17.0 Å². The Bertz CT molecular complexity index is 1200. The van der Waals surface area contributed by atoms with Crippen LogP contribution in [0.1, 0.15) is 69.9 Å². The van der Waals surface area contributed by atoms with Crippen LogP contribution in [0.5, 0.6) is 0 Å². The van der Waals surface area contributed by atoms with Gasteiger partial charge in [0.2, 0.25) is 5.95 Å². The number of unbranched alkanes of at least 4 members (excludes halogenated alkanes) is 1. The van der Waals surface area contributed by atoms with E-state index in [1.165, 1.54) is 18.4 Å². The highest BCUT2D eigenvalue weighted by molar-refractivity contribution is 5.91. The first-order chi connectivity index (χ1) is 18.1. The van der Waals surface area contributed by atoms with Crippen molar-refractivity contribution in [2.75, 3.05) is 45.1 Å². The Labute approximate surface area is 220 Å². The molecule has 2 aliphatic carbocycles. The zero-order chi connectivity index (χ0) is 25.4. The lowest BCUT2D eigenvalue weighted by Gasteiger charge is -2.38. The predicted molar refractivity (Wildman–Crippen MR) is 148 cm³/mol. The standard InChI is InChI=1S/C29H41N7O/c1-3-4-15-30-28-31-20-25-26(33-36(27(25)32-28)23-9-11-24(37)12-10-23)21-5-7-22(8-6-21)29(13-14-29)35-18-16-34(2)17-19-35/h5-8,20,23-24,37H,3-4,9-19H2,1-2H3,(H,30,31,32)/t23-,24-. The van der Waals surface area contributed by atoms with Gasteiger partial charge in [0.1, 0.15) is 5.69 Å². The van der Waals surface area contributed by atoms with Crippen LogP contribution in [0, 0.1) is 0 Å². The fraction of sp³-hybridized carbons (Fsp3) is 0.621. The van der Waals surface area contributed by atoms with E-state index >= 15 is 0 Å². The third-order valence-corrected chi connectivity index (χ3v) is 8.80. The average Bonchev–Trinajstić information content (AvgIpc) is 3.65. The van der Waals surface area contributed by atoms with Crippen LogP contribution in [-0.2, 0) is 5.54 Å². The molecule has 0 bridgehead atoms. The number of aromatic nitrogens is 4. The van der Waals surface area contributed by atoms with Crippen molar-refractivity contribution in [3.05, 3.63) is 36.0 Å². The molecule has 3 aromatic rings. The van der Waals surface area contributed by atoms with E-state index in [1.807, 2.05) is 6.20 Å². The summed E-state index contributed by atoms with van der Waals surface area (Å²) >= 11 is 0. The van der Waals surface area contributed by atoms with E-state index in [4.69, 9.17) is 10.1 Å². The maximum absolute atomic E-state index is 10.1. The second-order valence-electron chi connectivity index (χ2n) is 11.4. The smallest absolute Gasteiger partial charge is 0.224 e. The Morgan fingerprint density at radius 1 is 1.03 bits per heavy atom. The molecule has 1 saturated heterocycles. The normalized spacial score (nSPS) is 24.4. The molecule has 3 aliphatic rings. The summed E-state index contributed by atoms with van der Waals surface area (Å²) in [5.41, 5.74) is 4.63. The molecule has 3 fully saturated rings. The summed E-state index contributed by atoms with van der Waals surface area (Å²) in [5.74, 6) is 0.669. The molecule has 2 aromatic heterocycles. The van der Waals surface area contributed by atoms with E-state index in [0.717, 1.165) is 93.5 Å².